The molecule has 6 heteroatoms. The summed E-state index contributed by atoms with van der Waals surface area (Å²) in [6, 6.07) is 35.1. The molecule has 0 radical (unpaired) electrons. The Hall–Kier alpha value is -4.42. The summed E-state index contributed by atoms with van der Waals surface area (Å²) in [6.07, 6.45) is 3.76. The summed E-state index contributed by atoms with van der Waals surface area (Å²) in [6.45, 7) is 1.49. The number of carbonyl (C=O) groups is 2. The lowest BCUT2D eigenvalue weighted by molar-refractivity contribution is -0.150. The average molecular weight is 562 g/mol. The fourth-order valence-electron chi connectivity index (χ4n) is 5.43. The molecule has 6 nitrogen and oxygen atoms in total. The van der Waals surface area contributed by atoms with Crippen LogP contribution in [0.4, 0.5) is 0 Å². The van der Waals surface area contributed by atoms with Gasteiger partial charge in [-0.2, -0.15) is 0 Å². The normalized spacial score (nSPS) is 16.7. The molecule has 0 unspecified atom stereocenters. The molecule has 0 spiro atoms. The second-order valence-corrected chi connectivity index (χ2v) is 10.9. The third-order valence-corrected chi connectivity index (χ3v) is 7.78. The Balaban J connectivity index is 1.27. The van der Waals surface area contributed by atoms with Crippen LogP contribution in [0.3, 0.4) is 0 Å². The smallest absolute Gasteiger partial charge is 0.246 e. The molecule has 1 aliphatic rings. The molecule has 42 heavy (non-hydrogen) atoms. The van der Waals surface area contributed by atoms with E-state index in [0.29, 0.717) is 32.5 Å². The first-order valence-electron chi connectivity index (χ1n) is 14.8. The van der Waals surface area contributed by atoms with E-state index in [1.54, 1.807) is 4.90 Å². The van der Waals surface area contributed by atoms with E-state index < -0.39 is 12.1 Å². The highest BCUT2D eigenvalue weighted by atomic mass is 16.5. The summed E-state index contributed by atoms with van der Waals surface area (Å²) in [5.41, 5.74) is 11.0. The molecule has 0 bridgehead atoms. The Morgan fingerprint density at radius 1 is 0.690 bits per heavy atom. The number of rotatable bonds is 13. The van der Waals surface area contributed by atoms with E-state index in [0.717, 1.165) is 52.8 Å². The fraction of sp³-hybridized carbons (Fsp3) is 0.278. The molecule has 4 aromatic carbocycles. The third kappa shape index (κ3) is 7.65. The van der Waals surface area contributed by atoms with Crippen LogP contribution in [0.2, 0.25) is 0 Å². The maximum atomic E-state index is 13.9. The van der Waals surface area contributed by atoms with Crippen molar-refractivity contribution in [1.29, 1.82) is 0 Å². The molecule has 1 aliphatic heterocycles. The van der Waals surface area contributed by atoms with Crippen molar-refractivity contribution >= 4 is 11.8 Å². The first-order chi connectivity index (χ1) is 20.6. The van der Waals surface area contributed by atoms with Gasteiger partial charge in [0.1, 0.15) is 24.4 Å². The van der Waals surface area contributed by atoms with Crippen LogP contribution in [-0.2, 0) is 29.2 Å². The van der Waals surface area contributed by atoms with Crippen LogP contribution in [0.5, 0.6) is 5.75 Å². The molecule has 2 amide bonds. The lowest BCUT2D eigenvalue weighted by Gasteiger charge is -2.39. The highest BCUT2D eigenvalue weighted by Crippen LogP contribution is 2.24. The number of amides is 2. The van der Waals surface area contributed by atoms with E-state index in [2.05, 4.69) is 29.6 Å². The van der Waals surface area contributed by atoms with Crippen LogP contribution in [0.15, 0.2) is 109 Å². The molecule has 216 valence electrons. The molecule has 0 aromatic heterocycles. The van der Waals surface area contributed by atoms with Gasteiger partial charge in [-0.15, -0.1) is 0 Å². The second-order valence-electron chi connectivity index (χ2n) is 10.9. The summed E-state index contributed by atoms with van der Waals surface area (Å²) in [4.78, 5) is 29.0. The predicted molar refractivity (Wildman–Crippen MR) is 167 cm³/mol. The van der Waals surface area contributed by atoms with Crippen LogP contribution in [-0.4, -0.2) is 35.3 Å². The quantitative estimate of drug-likeness (QED) is 0.199. The lowest BCUT2D eigenvalue weighted by atomic mass is 9.95. The Morgan fingerprint density at radius 3 is 2.02 bits per heavy atom. The highest BCUT2D eigenvalue weighted by Gasteiger charge is 2.40. The van der Waals surface area contributed by atoms with E-state index in [-0.39, 0.29) is 11.8 Å². The number of carbonyl (C=O) groups excluding carboxylic acids is 2. The Kier molecular flexibility index (Phi) is 10.0. The minimum atomic E-state index is -0.603. The standard InChI is InChI=1S/C36H39N3O3/c37-23-9-3-8-14-34-35(40)38-33(24-27-15-19-31(20-16-27)30-12-6-2-7-13-30)36(41)39(34)25-28-17-21-32(22-18-28)42-26-29-10-4-1-5-11-29/h1-2,4-7,10-13,15-22,33-34H,3,8-9,14,23-26,37H2,(H,38,40)/t33-,34-/m0/s1. The minimum Gasteiger partial charge on any atom is -0.489 e. The average Bonchev–Trinajstić information content (AvgIpc) is 3.03. The molecule has 2 atom stereocenters. The maximum Gasteiger partial charge on any atom is 0.246 e. The largest absolute Gasteiger partial charge is 0.489 e. The van der Waals surface area contributed by atoms with Gasteiger partial charge in [-0.3, -0.25) is 9.59 Å². The van der Waals surface area contributed by atoms with Crippen molar-refractivity contribution in [2.45, 2.75) is 57.3 Å². The monoisotopic (exact) mass is 561 g/mol. The van der Waals surface area contributed by atoms with E-state index in [9.17, 15) is 9.59 Å². The molecule has 5 rings (SSSR count). The van der Waals surface area contributed by atoms with Crippen molar-refractivity contribution in [2.24, 2.45) is 5.73 Å². The zero-order chi connectivity index (χ0) is 29.1. The summed E-state index contributed by atoms with van der Waals surface area (Å²) in [5.74, 6) is 0.631. The van der Waals surface area contributed by atoms with Gasteiger partial charge in [-0.25, -0.2) is 0 Å². The van der Waals surface area contributed by atoms with Gasteiger partial charge in [0.05, 0.1) is 0 Å². The molecule has 1 fully saturated rings. The van der Waals surface area contributed by atoms with Gasteiger partial charge in [0.2, 0.25) is 11.8 Å². The topological polar surface area (TPSA) is 84.7 Å². The van der Waals surface area contributed by atoms with Crippen molar-refractivity contribution in [1.82, 2.24) is 10.2 Å². The number of benzene rings is 4. The zero-order valence-corrected chi connectivity index (χ0v) is 24.0. The number of piperazine rings is 1. The molecule has 4 aromatic rings. The minimum absolute atomic E-state index is 0.0463. The van der Waals surface area contributed by atoms with Crippen molar-refractivity contribution in [3.63, 3.8) is 0 Å². The fourth-order valence-corrected chi connectivity index (χ4v) is 5.43. The maximum absolute atomic E-state index is 13.9. The number of unbranched alkanes of at least 4 members (excludes halogenated alkanes) is 2. The SMILES string of the molecule is NCCCCC[C@H]1C(=O)N[C@@H](Cc2ccc(-c3ccccc3)cc2)C(=O)N1Cc1ccc(OCc2ccccc2)cc1. The van der Waals surface area contributed by atoms with E-state index in [4.69, 9.17) is 10.5 Å². The van der Waals surface area contributed by atoms with Gasteiger partial charge in [0, 0.05) is 13.0 Å². The summed E-state index contributed by atoms with van der Waals surface area (Å²) in [5, 5.41) is 3.03. The lowest BCUT2D eigenvalue weighted by Crippen LogP contribution is -2.63. The van der Waals surface area contributed by atoms with Crippen LogP contribution in [0, 0.1) is 0 Å². The van der Waals surface area contributed by atoms with Gasteiger partial charge in [0.25, 0.3) is 0 Å². The number of nitrogens with two attached hydrogens (primary N) is 1. The summed E-state index contributed by atoms with van der Waals surface area (Å²) in [7, 11) is 0. The van der Waals surface area contributed by atoms with Gasteiger partial charge in [-0.05, 0) is 59.3 Å². The van der Waals surface area contributed by atoms with Gasteiger partial charge < -0.3 is 20.7 Å². The van der Waals surface area contributed by atoms with E-state index in [1.807, 2.05) is 84.9 Å². The molecule has 0 aliphatic carbocycles. The Morgan fingerprint density at radius 2 is 1.33 bits per heavy atom. The zero-order valence-electron chi connectivity index (χ0n) is 24.0. The van der Waals surface area contributed by atoms with Crippen LogP contribution >= 0.6 is 0 Å². The van der Waals surface area contributed by atoms with Gasteiger partial charge in [-0.1, -0.05) is 110 Å². The number of nitrogens with one attached hydrogen (secondary N) is 1. The van der Waals surface area contributed by atoms with Gasteiger partial charge >= 0.3 is 0 Å². The van der Waals surface area contributed by atoms with Crippen LogP contribution < -0.4 is 15.8 Å². The third-order valence-electron chi connectivity index (χ3n) is 7.78. The van der Waals surface area contributed by atoms with Crippen LogP contribution in [0.25, 0.3) is 11.1 Å². The summed E-state index contributed by atoms with van der Waals surface area (Å²) < 4.78 is 5.94. The molecule has 1 heterocycles. The van der Waals surface area contributed by atoms with E-state index in [1.165, 1.54) is 0 Å². The predicted octanol–water partition coefficient (Wildman–Crippen LogP) is 5.89. The van der Waals surface area contributed by atoms with Gasteiger partial charge in [0.15, 0.2) is 0 Å². The van der Waals surface area contributed by atoms with Crippen molar-refractivity contribution in [3.8, 4) is 16.9 Å². The Bertz CT molecular complexity index is 1420. The molecular weight excluding hydrogens is 522 g/mol. The van der Waals surface area contributed by atoms with Crippen molar-refractivity contribution in [2.75, 3.05) is 6.54 Å². The molecular formula is C36H39N3O3. The summed E-state index contributed by atoms with van der Waals surface area (Å²) >= 11 is 0. The number of ether oxygens (including phenoxy) is 1. The number of hydrogen-bond acceptors (Lipinski definition) is 4. The molecule has 0 saturated carbocycles. The number of hydrogen-bond donors (Lipinski definition) is 2. The van der Waals surface area contributed by atoms with Crippen molar-refractivity contribution < 1.29 is 14.3 Å². The first kappa shape index (κ1) is 29.1. The van der Waals surface area contributed by atoms with E-state index >= 15 is 0 Å². The van der Waals surface area contributed by atoms with Crippen LogP contribution in [0.1, 0.15) is 42.4 Å². The second kappa shape index (κ2) is 14.5. The number of nitrogens with zero attached hydrogens (tertiary/aromatic N) is 1. The molecule has 3 N–H and O–H groups in total. The first-order valence-corrected chi connectivity index (χ1v) is 14.8. The highest BCUT2D eigenvalue weighted by molar-refractivity contribution is 5.97. The molecule has 1 saturated heterocycles. The Labute approximate surface area is 248 Å². The van der Waals surface area contributed by atoms with Crippen molar-refractivity contribution in [3.05, 3.63) is 126 Å².